The second kappa shape index (κ2) is 6.95. The lowest BCUT2D eigenvalue weighted by Gasteiger charge is -2.25. The Hall–Kier alpha value is -2.15. The highest BCUT2D eigenvalue weighted by Crippen LogP contribution is 2.16. The maximum absolute atomic E-state index is 12.4. The van der Waals surface area contributed by atoms with E-state index in [1.807, 2.05) is 12.1 Å². The number of anilines is 1. The van der Waals surface area contributed by atoms with Crippen LogP contribution in [-0.4, -0.2) is 77.1 Å². The van der Waals surface area contributed by atoms with Gasteiger partial charge < -0.3 is 19.8 Å². The second-order valence-corrected chi connectivity index (χ2v) is 6.06. The lowest BCUT2D eigenvalue weighted by molar-refractivity contribution is -0.138. The quantitative estimate of drug-likeness (QED) is 0.829. The third kappa shape index (κ3) is 3.79. The Kier molecular flexibility index (Phi) is 4.76. The van der Waals surface area contributed by atoms with Crippen molar-refractivity contribution in [2.45, 2.75) is 18.9 Å². The molecule has 1 aromatic rings. The zero-order valence-corrected chi connectivity index (χ0v) is 13.1. The van der Waals surface area contributed by atoms with Gasteiger partial charge in [0.2, 0.25) is 11.8 Å². The van der Waals surface area contributed by atoms with Crippen molar-refractivity contribution < 1.29 is 14.7 Å². The fourth-order valence-electron chi connectivity index (χ4n) is 3.14. The predicted octanol–water partition coefficient (Wildman–Crippen LogP) is -0.286. The standard InChI is InChI=1S/C16H22N4O3/c21-14-10-18(13-3-5-17-6-4-13)8-9-20(11-14)16(23)12-19-7-1-2-15(19)22/h3-6,14,21H,1-2,7-12H2/t14-/m1/s1. The Balaban J connectivity index is 1.61. The number of nitrogens with zero attached hydrogens (tertiary/aromatic N) is 4. The fourth-order valence-corrected chi connectivity index (χ4v) is 3.14. The molecule has 0 radical (unpaired) electrons. The normalized spacial score (nSPS) is 22.4. The van der Waals surface area contributed by atoms with Crippen molar-refractivity contribution in [3.8, 4) is 0 Å². The summed E-state index contributed by atoms with van der Waals surface area (Å²) in [6, 6.07) is 3.79. The maximum atomic E-state index is 12.4. The van der Waals surface area contributed by atoms with Gasteiger partial charge in [0.15, 0.2) is 0 Å². The number of aliphatic hydroxyl groups excluding tert-OH is 1. The van der Waals surface area contributed by atoms with Crippen LogP contribution in [0.4, 0.5) is 5.69 Å². The number of hydrogen-bond acceptors (Lipinski definition) is 5. The molecule has 3 rings (SSSR count). The van der Waals surface area contributed by atoms with E-state index in [4.69, 9.17) is 0 Å². The van der Waals surface area contributed by atoms with Gasteiger partial charge in [0.1, 0.15) is 0 Å². The molecule has 2 aliphatic heterocycles. The van der Waals surface area contributed by atoms with E-state index < -0.39 is 6.10 Å². The summed E-state index contributed by atoms with van der Waals surface area (Å²) in [5, 5.41) is 10.2. The monoisotopic (exact) mass is 318 g/mol. The minimum absolute atomic E-state index is 0.0483. The van der Waals surface area contributed by atoms with Crippen molar-refractivity contribution >= 4 is 17.5 Å². The lowest BCUT2D eigenvalue weighted by atomic mass is 10.3. The zero-order valence-electron chi connectivity index (χ0n) is 13.1. The van der Waals surface area contributed by atoms with E-state index in [9.17, 15) is 14.7 Å². The van der Waals surface area contributed by atoms with Gasteiger partial charge in [-0.05, 0) is 18.6 Å². The molecule has 1 N–H and O–H groups in total. The minimum atomic E-state index is -0.608. The number of hydrogen-bond donors (Lipinski definition) is 1. The van der Waals surface area contributed by atoms with Crippen LogP contribution in [0.2, 0.25) is 0 Å². The Bertz CT molecular complexity index is 566. The molecule has 0 saturated carbocycles. The van der Waals surface area contributed by atoms with Gasteiger partial charge in [-0.3, -0.25) is 14.6 Å². The molecular formula is C16H22N4O3. The van der Waals surface area contributed by atoms with Crippen LogP contribution in [0.15, 0.2) is 24.5 Å². The van der Waals surface area contributed by atoms with E-state index in [0.717, 1.165) is 12.1 Å². The number of rotatable bonds is 3. The van der Waals surface area contributed by atoms with Crippen LogP contribution < -0.4 is 4.90 Å². The smallest absolute Gasteiger partial charge is 0.242 e. The van der Waals surface area contributed by atoms with Crippen LogP contribution in [-0.2, 0) is 9.59 Å². The van der Waals surface area contributed by atoms with Crippen LogP contribution in [0, 0.1) is 0 Å². The van der Waals surface area contributed by atoms with Crippen LogP contribution in [0.5, 0.6) is 0 Å². The summed E-state index contributed by atoms with van der Waals surface area (Å²) in [5.41, 5.74) is 0.989. The van der Waals surface area contributed by atoms with Crippen LogP contribution in [0.3, 0.4) is 0 Å². The van der Waals surface area contributed by atoms with E-state index in [-0.39, 0.29) is 18.4 Å². The molecule has 0 spiro atoms. The summed E-state index contributed by atoms with van der Waals surface area (Å²) in [4.78, 5) is 33.4. The fraction of sp³-hybridized carbons (Fsp3) is 0.562. The molecule has 1 aromatic heterocycles. The van der Waals surface area contributed by atoms with E-state index in [2.05, 4.69) is 9.88 Å². The van der Waals surface area contributed by atoms with Crippen molar-refractivity contribution in [3.63, 3.8) is 0 Å². The Morgan fingerprint density at radius 1 is 1.22 bits per heavy atom. The first-order chi connectivity index (χ1) is 11.1. The molecule has 7 heteroatoms. The summed E-state index contributed by atoms with van der Waals surface area (Å²) in [5.74, 6) is -0.0389. The Labute approximate surface area is 135 Å². The van der Waals surface area contributed by atoms with E-state index >= 15 is 0 Å². The average molecular weight is 318 g/mol. The van der Waals surface area contributed by atoms with Crippen molar-refractivity contribution in [2.24, 2.45) is 0 Å². The molecule has 1 atom stereocenters. The highest BCUT2D eigenvalue weighted by molar-refractivity contribution is 5.86. The van der Waals surface area contributed by atoms with Gasteiger partial charge in [0, 0.05) is 57.2 Å². The Morgan fingerprint density at radius 2 is 2.00 bits per heavy atom. The number of likely N-dealkylation sites (tertiary alicyclic amines) is 1. The first-order valence-electron chi connectivity index (χ1n) is 8.02. The highest BCUT2D eigenvalue weighted by Gasteiger charge is 2.28. The molecule has 2 saturated heterocycles. The van der Waals surface area contributed by atoms with Gasteiger partial charge in [-0.25, -0.2) is 0 Å². The second-order valence-electron chi connectivity index (χ2n) is 6.06. The summed E-state index contributed by atoms with van der Waals surface area (Å²) < 4.78 is 0. The molecule has 7 nitrogen and oxygen atoms in total. The van der Waals surface area contributed by atoms with E-state index in [1.165, 1.54) is 0 Å². The van der Waals surface area contributed by atoms with Gasteiger partial charge in [-0.15, -0.1) is 0 Å². The summed E-state index contributed by atoms with van der Waals surface area (Å²) in [6.45, 7) is 2.77. The molecule has 0 aliphatic carbocycles. The largest absolute Gasteiger partial charge is 0.389 e. The molecule has 3 heterocycles. The van der Waals surface area contributed by atoms with Crippen molar-refractivity contribution in [1.82, 2.24) is 14.8 Å². The molecule has 2 aliphatic rings. The number of carbonyl (C=O) groups excluding carboxylic acids is 2. The Morgan fingerprint density at radius 3 is 2.70 bits per heavy atom. The first kappa shape index (κ1) is 15.7. The molecule has 2 fully saturated rings. The third-order valence-corrected chi connectivity index (χ3v) is 4.38. The molecule has 0 unspecified atom stereocenters. The van der Waals surface area contributed by atoms with Gasteiger partial charge in [0.05, 0.1) is 12.6 Å². The zero-order chi connectivity index (χ0) is 16.2. The van der Waals surface area contributed by atoms with E-state index in [0.29, 0.717) is 39.1 Å². The summed E-state index contributed by atoms with van der Waals surface area (Å²) >= 11 is 0. The summed E-state index contributed by atoms with van der Waals surface area (Å²) in [6.07, 6.45) is 4.18. The van der Waals surface area contributed by atoms with Gasteiger partial charge in [-0.1, -0.05) is 0 Å². The molecule has 124 valence electrons. The van der Waals surface area contributed by atoms with Crippen molar-refractivity contribution in [3.05, 3.63) is 24.5 Å². The molecule has 23 heavy (non-hydrogen) atoms. The van der Waals surface area contributed by atoms with Gasteiger partial charge in [0.25, 0.3) is 0 Å². The van der Waals surface area contributed by atoms with Crippen molar-refractivity contribution in [1.29, 1.82) is 0 Å². The van der Waals surface area contributed by atoms with Crippen LogP contribution >= 0.6 is 0 Å². The number of aliphatic hydroxyl groups is 1. The molecule has 2 amide bonds. The predicted molar refractivity (Wildman–Crippen MR) is 84.9 cm³/mol. The molecular weight excluding hydrogens is 296 g/mol. The summed E-state index contributed by atoms with van der Waals surface area (Å²) in [7, 11) is 0. The highest BCUT2D eigenvalue weighted by atomic mass is 16.3. The number of amides is 2. The van der Waals surface area contributed by atoms with Gasteiger partial charge in [-0.2, -0.15) is 0 Å². The lowest BCUT2D eigenvalue weighted by Crippen LogP contribution is -2.44. The number of aromatic nitrogens is 1. The van der Waals surface area contributed by atoms with Gasteiger partial charge >= 0.3 is 0 Å². The first-order valence-corrected chi connectivity index (χ1v) is 8.02. The minimum Gasteiger partial charge on any atom is -0.389 e. The van der Waals surface area contributed by atoms with E-state index in [1.54, 1.807) is 22.2 Å². The van der Waals surface area contributed by atoms with Crippen LogP contribution in [0.1, 0.15) is 12.8 Å². The van der Waals surface area contributed by atoms with Crippen molar-refractivity contribution in [2.75, 3.05) is 44.2 Å². The topological polar surface area (TPSA) is 77.0 Å². The molecule has 0 bridgehead atoms. The molecule has 0 aromatic carbocycles. The third-order valence-electron chi connectivity index (χ3n) is 4.38. The maximum Gasteiger partial charge on any atom is 0.242 e. The number of pyridine rings is 1. The SMILES string of the molecule is O=C1CCCN1CC(=O)N1CCN(c2ccncc2)C[C@@H](O)C1. The average Bonchev–Trinajstić information content (AvgIpc) is 2.84. The number of β-amino-alcohol motifs (C(OH)–C–C–N with tert-alkyl or cyclic N) is 1. The van der Waals surface area contributed by atoms with Crippen LogP contribution in [0.25, 0.3) is 0 Å². The number of carbonyl (C=O) groups is 2.